The molecule has 0 atom stereocenters. The van der Waals surface area contributed by atoms with Gasteiger partial charge in [-0.05, 0) is 17.7 Å². The number of fused-ring (bicyclic) bond motifs is 3. The molecule has 2 aromatic carbocycles. The molecule has 5 nitrogen and oxygen atoms in total. The molecule has 0 bridgehead atoms. The van der Waals surface area contributed by atoms with Crippen LogP contribution in [0, 0.1) is 0 Å². The van der Waals surface area contributed by atoms with Crippen LogP contribution in [0.1, 0.15) is 16.1 Å². The van der Waals surface area contributed by atoms with Crippen molar-refractivity contribution in [3.05, 3.63) is 78.1 Å². The van der Waals surface area contributed by atoms with Gasteiger partial charge in [0.1, 0.15) is 5.69 Å². The summed E-state index contributed by atoms with van der Waals surface area (Å²) in [5.41, 5.74) is 5.05. The van der Waals surface area contributed by atoms with Crippen molar-refractivity contribution in [1.82, 2.24) is 15.0 Å². The predicted molar refractivity (Wildman–Crippen MR) is 92.0 cm³/mol. The maximum Gasteiger partial charge on any atom is 0.293 e. The van der Waals surface area contributed by atoms with E-state index < -0.39 is 5.91 Å². The van der Waals surface area contributed by atoms with Crippen LogP contribution in [0.3, 0.4) is 0 Å². The van der Waals surface area contributed by atoms with Gasteiger partial charge in [0.05, 0.1) is 11.7 Å². The highest BCUT2D eigenvalue weighted by atomic mass is 16.5. The van der Waals surface area contributed by atoms with E-state index in [9.17, 15) is 4.79 Å². The van der Waals surface area contributed by atoms with E-state index in [0.29, 0.717) is 0 Å². The van der Waals surface area contributed by atoms with E-state index in [1.54, 1.807) is 17.7 Å². The standard InChI is InChI=1S/C19H15N3O2/c23-19(21-24)16-10-15-14-8-4-5-9-17(14)22(18(15)11-20-16)12-13-6-2-1-3-7-13/h1-11,24H,12H2,(H,21,23). The van der Waals surface area contributed by atoms with E-state index in [1.165, 1.54) is 5.56 Å². The van der Waals surface area contributed by atoms with Gasteiger partial charge in [0.25, 0.3) is 5.91 Å². The highest BCUT2D eigenvalue weighted by molar-refractivity contribution is 6.09. The Labute approximate surface area is 138 Å². The third-order valence-corrected chi connectivity index (χ3v) is 4.18. The van der Waals surface area contributed by atoms with Crippen LogP contribution in [0.4, 0.5) is 0 Å². The average molecular weight is 317 g/mol. The number of benzene rings is 2. The molecule has 2 aromatic heterocycles. The number of rotatable bonds is 3. The Morgan fingerprint density at radius 3 is 2.54 bits per heavy atom. The topological polar surface area (TPSA) is 67.2 Å². The number of amides is 1. The lowest BCUT2D eigenvalue weighted by molar-refractivity contribution is 0.0701. The third-order valence-electron chi connectivity index (χ3n) is 4.18. The number of para-hydroxylation sites is 1. The van der Waals surface area contributed by atoms with E-state index in [0.717, 1.165) is 28.4 Å². The van der Waals surface area contributed by atoms with Gasteiger partial charge in [-0.25, -0.2) is 10.5 Å². The molecule has 0 unspecified atom stereocenters. The molecule has 0 fully saturated rings. The molecule has 118 valence electrons. The molecule has 4 rings (SSSR count). The lowest BCUT2D eigenvalue weighted by Gasteiger charge is -2.07. The van der Waals surface area contributed by atoms with E-state index in [4.69, 9.17) is 5.21 Å². The summed E-state index contributed by atoms with van der Waals surface area (Å²) in [6, 6.07) is 20.0. The fourth-order valence-corrected chi connectivity index (χ4v) is 3.06. The molecule has 0 saturated carbocycles. The number of hydrogen-bond donors (Lipinski definition) is 2. The normalized spacial score (nSPS) is 11.0. The van der Waals surface area contributed by atoms with Crippen LogP contribution >= 0.6 is 0 Å². The van der Waals surface area contributed by atoms with E-state index in [1.807, 2.05) is 36.4 Å². The summed E-state index contributed by atoms with van der Waals surface area (Å²) in [7, 11) is 0. The molecule has 24 heavy (non-hydrogen) atoms. The first-order valence-corrected chi connectivity index (χ1v) is 7.63. The van der Waals surface area contributed by atoms with Crippen molar-refractivity contribution in [2.45, 2.75) is 6.54 Å². The zero-order valence-electron chi connectivity index (χ0n) is 12.8. The van der Waals surface area contributed by atoms with Crippen LogP contribution in [0.15, 0.2) is 66.9 Å². The maximum atomic E-state index is 11.7. The van der Waals surface area contributed by atoms with Crippen LogP contribution in [-0.2, 0) is 6.54 Å². The molecule has 2 N–H and O–H groups in total. The van der Waals surface area contributed by atoms with Crippen molar-refractivity contribution >= 4 is 27.7 Å². The summed E-state index contributed by atoms with van der Waals surface area (Å²) in [5.74, 6) is -0.614. The summed E-state index contributed by atoms with van der Waals surface area (Å²) in [4.78, 5) is 15.8. The van der Waals surface area contributed by atoms with Gasteiger partial charge in [-0.1, -0.05) is 48.5 Å². The van der Waals surface area contributed by atoms with Crippen LogP contribution in [-0.4, -0.2) is 20.7 Å². The van der Waals surface area contributed by atoms with Gasteiger partial charge >= 0.3 is 0 Å². The first kappa shape index (κ1) is 14.4. The van der Waals surface area contributed by atoms with Crippen molar-refractivity contribution in [2.75, 3.05) is 0 Å². The van der Waals surface area contributed by atoms with Crippen LogP contribution in [0.5, 0.6) is 0 Å². The Balaban J connectivity index is 1.96. The molecule has 0 spiro atoms. The summed E-state index contributed by atoms with van der Waals surface area (Å²) < 4.78 is 2.19. The molecular weight excluding hydrogens is 302 g/mol. The van der Waals surface area contributed by atoms with Crippen molar-refractivity contribution in [3.63, 3.8) is 0 Å². The maximum absolute atomic E-state index is 11.7. The molecule has 0 aliphatic rings. The average Bonchev–Trinajstić information content (AvgIpc) is 2.95. The van der Waals surface area contributed by atoms with Crippen LogP contribution in [0.2, 0.25) is 0 Å². The number of hydroxylamine groups is 1. The first-order valence-electron chi connectivity index (χ1n) is 7.63. The molecule has 1 amide bonds. The SMILES string of the molecule is O=C(NO)c1cc2c3ccccc3n(Cc3ccccc3)c2cn1. The number of hydrogen-bond acceptors (Lipinski definition) is 3. The van der Waals surface area contributed by atoms with Gasteiger partial charge in [-0.15, -0.1) is 0 Å². The Kier molecular flexibility index (Phi) is 3.48. The van der Waals surface area contributed by atoms with Gasteiger partial charge in [-0.3, -0.25) is 10.0 Å². The van der Waals surface area contributed by atoms with Crippen LogP contribution in [0.25, 0.3) is 21.8 Å². The molecular formula is C19H15N3O2. The highest BCUT2D eigenvalue weighted by Crippen LogP contribution is 2.29. The minimum Gasteiger partial charge on any atom is -0.335 e. The van der Waals surface area contributed by atoms with Crippen molar-refractivity contribution in [1.29, 1.82) is 0 Å². The van der Waals surface area contributed by atoms with Gasteiger partial charge in [0, 0.05) is 22.8 Å². The van der Waals surface area contributed by atoms with E-state index in [-0.39, 0.29) is 5.69 Å². The molecule has 5 heteroatoms. The summed E-state index contributed by atoms with van der Waals surface area (Å²) in [6.45, 7) is 0.720. The molecule has 2 heterocycles. The van der Waals surface area contributed by atoms with Crippen LogP contribution < -0.4 is 5.48 Å². The minimum absolute atomic E-state index is 0.188. The number of nitrogens with zero attached hydrogens (tertiary/aromatic N) is 2. The van der Waals surface area contributed by atoms with E-state index in [2.05, 4.69) is 27.8 Å². The number of carbonyl (C=O) groups excluding carboxylic acids is 1. The molecule has 4 aromatic rings. The van der Waals surface area contributed by atoms with Crippen molar-refractivity contribution in [3.8, 4) is 0 Å². The number of carbonyl (C=O) groups is 1. The molecule has 0 aliphatic carbocycles. The fraction of sp³-hybridized carbons (Fsp3) is 0.0526. The van der Waals surface area contributed by atoms with Gasteiger partial charge in [-0.2, -0.15) is 0 Å². The van der Waals surface area contributed by atoms with Crippen molar-refractivity contribution in [2.24, 2.45) is 0 Å². The smallest absolute Gasteiger partial charge is 0.293 e. The Hall–Kier alpha value is -3.18. The molecule has 0 saturated heterocycles. The highest BCUT2D eigenvalue weighted by Gasteiger charge is 2.14. The fourth-order valence-electron chi connectivity index (χ4n) is 3.06. The third kappa shape index (κ3) is 2.31. The second-order valence-electron chi connectivity index (χ2n) is 5.62. The zero-order chi connectivity index (χ0) is 16.5. The quantitative estimate of drug-likeness (QED) is 0.450. The predicted octanol–water partition coefficient (Wildman–Crippen LogP) is 3.36. The second-order valence-corrected chi connectivity index (χ2v) is 5.62. The van der Waals surface area contributed by atoms with Crippen molar-refractivity contribution < 1.29 is 10.0 Å². The lowest BCUT2D eigenvalue weighted by Crippen LogP contribution is -2.19. The summed E-state index contributed by atoms with van der Waals surface area (Å²) in [6.07, 6.45) is 1.68. The van der Waals surface area contributed by atoms with E-state index >= 15 is 0 Å². The summed E-state index contributed by atoms with van der Waals surface area (Å²) >= 11 is 0. The number of aromatic nitrogens is 2. The minimum atomic E-state index is -0.614. The second kappa shape index (κ2) is 5.79. The first-order chi connectivity index (χ1) is 11.8. The summed E-state index contributed by atoms with van der Waals surface area (Å²) in [5, 5.41) is 10.8. The van der Waals surface area contributed by atoms with Gasteiger partial charge in [0.15, 0.2) is 0 Å². The number of nitrogens with one attached hydrogen (secondary N) is 1. The molecule has 0 radical (unpaired) electrons. The Bertz CT molecular complexity index is 1040. The largest absolute Gasteiger partial charge is 0.335 e. The van der Waals surface area contributed by atoms with Gasteiger partial charge in [0.2, 0.25) is 0 Å². The number of pyridine rings is 1. The molecule has 0 aliphatic heterocycles. The monoisotopic (exact) mass is 317 g/mol. The zero-order valence-corrected chi connectivity index (χ0v) is 12.8. The lowest BCUT2D eigenvalue weighted by atomic mass is 10.1. The Morgan fingerprint density at radius 1 is 1.00 bits per heavy atom. The Morgan fingerprint density at radius 2 is 1.75 bits per heavy atom. The van der Waals surface area contributed by atoms with Gasteiger partial charge < -0.3 is 4.57 Å².